The Morgan fingerprint density at radius 1 is 0.595 bits per heavy atom. The first-order valence-corrected chi connectivity index (χ1v) is 24.5. The minimum Gasteiger partial charge on any atom is -0.497 e. The normalized spacial score (nSPS) is 21.2. The fourth-order valence-corrected chi connectivity index (χ4v) is 7.76. The number of carbonyl (C=O) groups is 2. The molecule has 2 aromatic carbocycles. The molecule has 14 heteroatoms. The number of methoxy groups -OCH3 is 4. The minimum atomic E-state index is -0.747. The molecule has 4 aromatic rings. The van der Waals surface area contributed by atoms with Gasteiger partial charge in [-0.05, 0) is 85.7 Å². The fourth-order valence-electron chi connectivity index (χ4n) is 7.76. The van der Waals surface area contributed by atoms with Gasteiger partial charge >= 0.3 is 11.9 Å². The second kappa shape index (κ2) is 29.5. The number of hydrogen-bond donors (Lipinski definition) is 0. The smallest absolute Gasteiger partial charge is 0.360 e. The lowest BCUT2D eigenvalue weighted by atomic mass is 9.78. The van der Waals surface area contributed by atoms with Crippen LogP contribution in [0.1, 0.15) is 98.3 Å². The zero-order chi connectivity index (χ0) is 53.4. The average molecular weight is 1010 g/mol. The molecule has 4 bridgehead atoms. The molecule has 0 radical (unpaired) electrons. The number of ether oxygens (including phenoxy) is 8. The Hall–Kier alpha value is -7.20. The highest BCUT2D eigenvalue weighted by atomic mass is 16.6. The molecular weight excluding hydrogens is 941 g/mol. The van der Waals surface area contributed by atoms with Gasteiger partial charge in [0.15, 0.2) is 23.2 Å². The van der Waals surface area contributed by atoms with Crippen LogP contribution < -0.4 is 9.47 Å². The Kier molecular flexibility index (Phi) is 23.0. The van der Waals surface area contributed by atoms with Gasteiger partial charge in [-0.2, -0.15) is 0 Å². The first-order chi connectivity index (χ1) is 35.7. The largest absolute Gasteiger partial charge is 0.497 e. The first kappa shape index (κ1) is 57.7. The van der Waals surface area contributed by atoms with Crippen molar-refractivity contribution in [3.05, 3.63) is 168 Å². The van der Waals surface area contributed by atoms with E-state index < -0.39 is 59.4 Å². The van der Waals surface area contributed by atoms with Gasteiger partial charge in [-0.3, -0.25) is 0 Å². The number of rotatable bonds is 16. The number of allylic oxidation sites excluding steroid dienone is 6. The predicted octanol–water partition coefficient (Wildman–Crippen LogP) is 10.9. The third kappa shape index (κ3) is 17.5. The molecule has 0 fully saturated rings. The number of carbonyl (C=O) groups excluding carboxylic acids is 2. The van der Waals surface area contributed by atoms with Gasteiger partial charge in [-0.15, -0.1) is 0 Å². The SMILES string of the molecule is C/C=C/C(OCc1ccc(OC)cc1)C(C)(C)C1C/C=C\C#C/C=C/C(OC)Cc2nc(co2)C(=O)OC(C(C)(C)C(/C=C/C)OCc2ccc(OC)cc2)C/C=C\C#C/C=C/C(OC)Cc2nc(co2)C(=O)O1. The number of oxazole rings is 2. The van der Waals surface area contributed by atoms with Gasteiger partial charge in [0.25, 0.3) is 0 Å². The van der Waals surface area contributed by atoms with Crippen LogP contribution in [0.5, 0.6) is 11.5 Å². The zero-order valence-corrected chi connectivity index (χ0v) is 44.2. The summed E-state index contributed by atoms with van der Waals surface area (Å²) in [4.78, 5) is 36.7. The van der Waals surface area contributed by atoms with E-state index in [4.69, 9.17) is 46.7 Å². The predicted molar refractivity (Wildman–Crippen MR) is 282 cm³/mol. The quantitative estimate of drug-likeness (QED) is 0.0592. The maximum absolute atomic E-state index is 13.9. The molecule has 6 unspecified atom stereocenters. The summed E-state index contributed by atoms with van der Waals surface area (Å²) in [7, 11) is 6.37. The molecule has 1 aliphatic heterocycles. The highest BCUT2D eigenvalue weighted by molar-refractivity contribution is 5.87. The van der Waals surface area contributed by atoms with E-state index in [0.29, 0.717) is 26.1 Å². The summed E-state index contributed by atoms with van der Waals surface area (Å²) in [6.07, 6.45) is 22.1. The van der Waals surface area contributed by atoms with E-state index in [2.05, 4.69) is 33.6 Å². The van der Waals surface area contributed by atoms with Crippen molar-refractivity contribution in [2.75, 3.05) is 28.4 Å². The molecule has 0 amide bonds. The minimum absolute atomic E-state index is 0.0153. The first-order valence-electron chi connectivity index (χ1n) is 24.5. The lowest BCUT2D eigenvalue weighted by Gasteiger charge is -2.38. The van der Waals surface area contributed by atoms with Crippen molar-refractivity contribution in [2.24, 2.45) is 10.8 Å². The Bertz CT molecular complexity index is 2510. The van der Waals surface area contributed by atoms with Crippen molar-refractivity contribution < 1.29 is 56.3 Å². The molecule has 2 aromatic heterocycles. The Morgan fingerprint density at radius 3 is 1.32 bits per heavy atom. The molecule has 6 atom stereocenters. The molecule has 0 saturated carbocycles. The topological polar surface area (TPSA) is 160 Å². The van der Waals surface area contributed by atoms with Gasteiger partial charge in [0, 0.05) is 37.9 Å². The Morgan fingerprint density at radius 2 is 0.973 bits per heavy atom. The van der Waals surface area contributed by atoms with Crippen LogP contribution in [0.2, 0.25) is 0 Å². The summed E-state index contributed by atoms with van der Waals surface area (Å²) in [6.45, 7) is 12.4. The van der Waals surface area contributed by atoms with E-state index >= 15 is 0 Å². The molecule has 1 aliphatic rings. The lowest BCUT2D eigenvalue weighted by molar-refractivity contribution is -0.0768. The highest BCUT2D eigenvalue weighted by Crippen LogP contribution is 2.36. The molecule has 74 heavy (non-hydrogen) atoms. The van der Waals surface area contributed by atoms with Crippen LogP contribution >= 0.6 is 0 Å². The summed E-state index contributed by atoms with van der Waals surface area (Å²) in [5, 5.41) is 0. The van der Waals surface area contributed by atoms with Gasteiger partial charge < -0.3 is 46.7 Å². The summed E-state index contributed by atoms with van der Waals surface area (Å²) in [5.74, 6) is 12.8. The zero-order valence-electron chi connectivity index (χ0n) is 44.2. The van der Waals surface area contributed by atoms with Crippen molar-refractivity contribution in [2.45, 2.75) is 117 Å². The van der Waals surface area contributed by atoms with Crippen molar-refractivity contribution in [3.8, 4) is 35.2 Å². The number of esters is 2. The maximum Gasteiger partial charge on any atom is 0.360 e. The molecule has 0 N–H and O–H groups in total. The summed E-state index contributed by atoms with van der Waals surface area (Å²) in [5.41, 5.74) is 0.450. The van der Waals surface area contributed by atoms with E-state index in [1.807, 2.05) is 127 Å². The Labute approximate surface area is 436 Å². The van der Waals surface area contributed by atoms with Crippen LogP contribution in [0.4, 0.5) is 0 Å². The number of hydrogen-bond acceptors (Lipinski definition) is 14. The van der Waals surface area contributed by atoms with E-state index in [1.54, 1.807) is 64.9 Å². The number of benzene rings is 2. The van der Waals surface area contributed by atoms with Crippen LogP contribution in [-0.2, 0) is 54.5 Å². The standard InChI is InChI=1S/C60H70N2O12/c1-11-23-51(69-39-43-29-33-45(65-7)34-30-43)59(3,4)53-27-21-17-13-15-19-25-48(68-10)38-56-62-50(42-72-56)58(64)74-54(60(5,6)52(24-12-2)70-40-44-31-35-46(66-8)36-32-44)28-22-18-14-16-20-26-47(67-9)37-55-61-49(41-71-55)57(63)73-53/h11-12,17-26,29-36,41-42,47-48,51-54H,27-28,37-40H2,1-10H3/b21-17-,22-18-,23-11+,24-12+,25-19+,26-20+. The van der Waals surface area contributed by atoms with Crippen LogP contribution in [0.25, 0.3) is 0 Å². The van der Waals surface area contributed by atoms with Crippen molar-refractivity contribution in [3.63, 3.8) is 0 Å². The second-order valence-corrected chi connectivity index (χ2v) is 18.4. The van der Waals surface area contributed by atoms with Crippen LogP contribution in [0, 0.1) is 34.5 Å². The molecular formula is C60H70N2O12. The Balaban J connectivity index is 1.41. The summed E-state index contributed by atoms with van der Waals surface area (Å²) >= 11 is 0. The molecule has 3 heterocycles. The van der Waals surface area contributed by atoms with Gasteiger partial charge in [0.1, 0.15) is 36.2 Å². The highest BCUT2D eigenvalue weighted by Gasteiger charge is 2.41. The van der Waals surface area contributed by atoms with Gasteiger partial charge in [0.05, 0.1) is 64.7 Å². The fraction of sp³-hybridized carbons (Fsp3) is 0.400. The summed E-state index contributed by atoms with van der Waals surface area (Å²) in [6, 6.07) is 15.3. The van der Waals surface area contributed by atoms with E-state index in [0.717, 1.165) is 22.6 Å². The molecule has 0 saturated heterocycles. The van der Waals surface area contributed by atoms with E-state index in [9.17, 15) is 9.59 Å². The number of fused-ring (bicyclic) bond motifs is 4. The molecule has 0 spiro atoms. The maximum atomic E-state index is 13.9. The molecule has 0 aliphatic carbocycles. The third-order valence-corrected chi connectivity index (χ3v) is 12.5. The third-order valence-electron chi connectivity index (χ3n) is 12.5. The molecule has 392 valence electrons. The van der Waals surface area contributed by atoms with Crippen LogP contribution in [-0.4, -0.2) is 87.0 Å². The van der Waals surface area contributed by atoms with Crippen LogP contribution in [0.3, 0.4) is 0 Å². The number of nitrogens with zero attached hydrogens (tertiary/aromatic N) is 2. The van der Waals surface area contributed by atoms with Gasteiger partial charge in [0.2, 0.25) is 0 Å². The molecule has 5 rings (SSSR count). The average Bonchev–Trinajstić information content (AvgIpc) is 4.09. The van der Waals surface area contributed by atoms with Crippen molar-refractivity contribution in [1.29, 1.82) is 0 Å². The summed E-state index contributed by atoms with van der Waals surface area (Å²) < 4.78 is 59.0. The number of aromatic nitrogens is 2. The van der Waals surface area contributed by atoms with Crippen molar-refractivity contribution >= 4 is 11.9 Å². The van der Waals surface area contributed by atoms with Gasteiger partial charge in [-0.1, -0.05) is 112 Å². The van der Waals surface area contributed by atoms with Crippen LogP contribution in [0.15, 0.2) is 143 Å². The van der Waals surface area contributed by atoms with Crippen molar-refractivity contribution in [1.82, 2.24) is 9.97 Å². The second-order valence-electron chi connectivity index (χ2n) is 18.4. The van der Waals surface area contributed by atoms with Gasteiger partial charge in [-0.25, -0.2) is 19.6 Å². The number of cyclic esters (lactones) is 2. The monoisotopic (exact) mass is 1010 g/mol. The van der Waals surface area contributed by atoms with E-state index in [-0.39, 0.29) is 36.0 Å². The van der Waals surface area contributed by atoms with E-state index in [1.165, 1.54) is 12.5 Å². The lowest BCUT2D eigenvalue weighted by Crippen LogP contribution is -2.43. The molecule has 14 nitrogen and oxygen atoms in total.